The molecule has 3 heteroatoms. The molecule has 1 spiro atoms. The second-order valence-corrected chi connectivity index (χ2v) is 5.17. The van der Waals surface area contributed by atoms with Crippen molar-refractivity contribution < 1.29 is 4.79 Å². The van der Waals surface area contributed by atoms with Gasteiger partial charge in [0, 0.05) is 18.7 Å². The van der Waals surface area contributed by atoms with Crippen LogP contribution in [0.25, 0.3) is 0 Å². The Kier molecular flexibility index (Phi) is 2.19. The Balaban J connectivity index is 1.75. The molecule has 1 saturated carbocycles. The summed E-state index contributed by atoms with van der Waals surface area (Å²) in [6.07, 6.45) is 3.73. The van der Waals surface area contributed by atoms with E-state index in [4.69, 9.17) is 5.26 Å². The van der Waals surface area contributed by atoms with Gasteiger partial charge in [0.05, 0.1) is 11.6 Å². The summed E-state index contributed by atoms with van der Waals surface area (Å²) >= 11 is 0. The Morgan fingerprint density at radius 2 is 1.94 bits per heavy atom. The minimum absolute atomic E-state index is 0.110. The number of hydrogen-bond acceptors (Lipinski definition) is 2. The number of nitrogens with zero attached hydrogens (tertiary/aromatic N) is 2. The second kappa shape index (κ2) is 3.59. The second-order valence-electron chi connectivity index (χ2n) is 5.17. The molecular weight excluding hydrogens is 212 g/mol. The molecule has 1 aliphatic heterocycles. The Bertz CT molecular complexity index is 494. The highest BCUT2D eigenvalue weighted by Crippen LogP contribution is 2.52. The van der Waals surface area contributed by atoms with Crippen LogP contribution in [0.15, 0.2) is 24.3 Å². The first-order chi connectivity index (χ1) is 8.22. The molecule has 3 nitrogen and oxygen atoms in total. The van der Waals surface area contributed by atoms with Crippen LogP contribution in [0, 0.1) is 16.7 Å². The van der Waals surface area contributed by atoms with Gasteiger partial charge in [0.15, 0.2) is 0 Å². The third kappa shape index (κ3) is 1.80. The molecule has 1 aromatic rings. The number of likely N-dealkylation sites (tertiary alicyclic amines) is 1. The normalized spacial score (nSPS) is 20.3. The van der Waals surface area contributed by atoms with Crippen LogP contribution < -0.4 is 0 Å². The van der Waals surface area contributed by atoms with Crippen LogP contribution in [0.4, 0.5) is 0 Å². The Hall–Kier alpha value is -1.82. The predicted molar refractivity (Wildman–Crippen MR) is 63.3 cm³/mol. The van der Waals surface area contributed by atoms with Crippen LogP contribution in [-0.4, -0.2) is 23.9 Å². The fourth-order valence-electron chi connectivity index (χ4n) is 2.56. The summed E-state index contributed by atoms with van der Waals surface area (Å²) < 4.78 is 0. The number of rotatable bonds is 1. The molecule has 0 N–H and O–H groups in total. The number of carbonyl (C=O) groups excluding carboxylic acids is 1. The minimum atomic E-state index is 0.110. The van der Waals surface area contributed by atoms with E-state index in [-0.39, 0.29) is 5.91 Å². The van der Waals surface area contributed by atoms with E-state index in [1.165, 1.54) is 12.8 Å². The zero-order chi connectivity index (χ0) is 11.9. The summed E-state index contributed by atoms with van der Waals surface area (Å²) in [7, 11) is 0. The van der Waals surface area contributed by atoms with Crippen molar-refractivity contribution in [1.29, 1.82) is 5.26 Å². The van der Waals surface area contributed by atoms with Crippen LogP contribution >= 0.6 is 0 Å². The number of carbonyl (C=O) groups is 1. The largest absolute Gasteiger partial charge is 0.338 e. The third-order valence-corrected chi connectivity index (χ3v) is 3.94. The maximum Gasteiger partial charge on any atom is 0.253 e. The SMILES string of the molecule is N#Cc1ccc(C(=O)N2CCC3(CC3)C2)cc1. The van der Waals surface area contributed by atoms with Crippen molar-refractivity contribution in [2.24, 2.45) is 5.41 Å². The number of hydrogen-bond donors (Lipinski definition) is 0. The Morgan fingerprint density at radius 1 is 1.24 bits per heavy atom. The molecular formula is C14H14N2O. The van der Waals surface area contributed by atoms with Gasteiger partial charge < -0.3 is 4.90 Å². The molecule has 2 fully saturated rings. The molecule has 0 radical (unpaired) electrons. The lowest BCUT2D eigenvalue weighted by Gasteiger charge is -2.16. The van der Waals surface area contributed by atoms with Gasteiger partial charge in [-0.2, -0.15) is 5.26 Å². The van der Waals surface area contributed by atoms with Gasteiger partial charge in [0.25, 0.3) is 5.91 Å². The van der Waals surface area contributed by atoms with Crippen molar-refractivity contribution in [3.63, 3.8) is 0 Å². The van der Waals surface area contributed by atoms with Crippen LogP contribution in [0.5, 0.6) is 0 Å². The average Bonchev–Trinajstić information content (AvgIpc) is 2.99. The Labute approximate surface area is 101 Å². The van der Waals surface area contributed by atoms with E-state index >= 15 is 0 Å². The fraction of sp³-hybridized carbons (Fsp3) is 0.429. The number of amides is 1. The molecule has 0 bridgehead atoms. The smallest absolute Gasteiger partial charge is 0.253 e. The molecule has 0 unspecified atom stereocenters. The molecule has 1 aromatic carbocycles. The molecule has 1 saturated heterocycles. The van der Waals surface area contributed by atoms with E-state index in [2.05, 4.69) is 6.07 Å². The lowest BCUT2D eigenvalue weighted by Crippen LogP contribution is -2.28. The van der Waals surface area contributed by atoms with E-state index in [0.717, 1.165) is 19.5 Å². The molecule has 1 aliphatic carbocycles. The summed E-state index contributed by atoms with van der Waals surface area (Å²) in [5, 5.41) is 8.71. The molecule has 0 aromatic heterocycles. The van der Waals surface area contributed by atoms with Gasteiger partial charge >= 0.3 is 0 Å². The summed E-state index contributed by atoms with van der Waals surface area (Å²) in [4.78, 5) is 14.2. The van der Waals surface area contributed by atoms with Crippen molar-refractivity contribution in [1.82, 2.24) is 4.90 Å². The molecule has 0 atom stereocenters. The molecule has 3 rings (SSSR count). The van der Waals surface area contributed by atoms with Crippen LogP contribution in [-0.2, 0) is 0 Å². The molecule has 1 heterocycles. The van der Waals surface area contributed by atoms with Gasteiger partial charge in [0.2, 0.25) is 0 Å². The van der Waals surface area contributed by atoms with E-state index < -0.39 is 0 Å². The van der Waals surface area contributed by atoms with Crippen molar-refractivity contribution in [3.8, 4) is 6.07 Å². The molecule has 17 heavy (non-hydrogen) atoms. The molecule has 2 aliphatic rings. The highest BCUT2D eigenvalue weighted by Gasteiger charge is 2.48. The Morgan fingerprint density at radius 3 is 2.47 bits per heavy atom. The number of benzene rings is 1. The minimum Gasteiger partial charge on any atom is -0.338 e. The zero-order valence-corrected chi connectivity index (χ0v) is 9.65. The van der Waals surface area contributed by atoms with Gasteiger partial charge in [-0.05, 0) is 48.9 Å². The first kappa shape index (κ1) is 10.3. The lowest BCUT2D eigenvalue weighted by molar-refractivity contribution is 0.0785. The maximum atomic E-state index is 12.2. The highest BCUT2D eigenvalue weighted by molar-refractivity contribution is 5.94. The zero-order valence-electron chi connectivity index (χ0n) is 9.65. The van der Waals surface area contributed by atoms with Crippen LogP contribution in [0.2, 0.25) is 0 Å². The van der Waals surface area contributed by atoms with Gasteiger partial charge in [-0.1, -0.05) is 0 Å². The van der Waals surface area contributed by atoms with Gasteiger partial charge in [-0.3, -0.25) is 4.79 Å². The van der Waals surface area contributed by atoms with Crippen molar-refractivity contribution in [3.05, 3.63) is 35.4 Å². The maximum absolute atomic E-state index is 12.2. The van der Waals surface area contributed by atoms with Crippen molar-refractivity contribution >= 4 is 5.91 Å². The van der Waals surface area contributed by atoms with Gasteiger partial charge in [-0.15, -0.1) is 0 Å². The summed E-state index contributed by atoms with van der Waals surface area (Å²) in [5.41, 5.74) is 1.77. The van der Waals surface area contributed by atoms with E-state index in [1.54, 1.807) is 24.3 Å². The van der Waals surface area contributed by atoms with E-state index in [1.807, 2.05) is 4.90 Å². The topological polar surface area (TPSA) is 44.1 Å². The van der Waals surface area contributed by atoms with Crippen LogP contribution in [0.3, 0.4) is 0 Å². The quantitative estimate of drug-likeness (QED) is 0.736. The van der Waals surface area contributed by atoms with Crippen molar-refractivity contribution in [2.45, 2.75) is 19.3 Å². The van der Waals surface area contributed by atoms with Crippen LogP contribution in [0.1, 0.15) is 35.2 Å². The van der Waals surface area contributed by atoms with Gasteiger partial charge in [0.1, 0.15) is 0 Å². The summed E-state index contributed by atoms with van der Waals surface area (Å²) in [6, 6.07) is 8.97. The van der Waals surface area contributed by atoms with Gasteiger partial charge in [-0.25, -0.2) is 0 Å². The summed E-state index contributed by atoms with van der Waals surface area (Å²) in [6.45, 7) is 1.81. The monoisotopic (exact) mass is 226 g/mol. The summed E-state index contributed by atoms with van der Waals surface area (Å²) in [5.74, 6) is 0.110. The van der Waals surface area contributed by atoms with Crippen molar-refractivity contribution in [2.75, 3.05) is 13.1 Å². The first-order valence-electron chi connectivity index (χ1n) is 6.02. The van der Waals surface area contributed by atoms with E-state index in [0.29, 0.717) is 16.5 Å². The third-order valence-electron chi connectivity index (χ3n) is 3.94. The first-order valence-corrected chi connectivity index (χ1v) is 6.02. The predicted octanol–water partition coefficient (Wildman–Crippen LogP) is 2.18. The highest BCUT2D eigenvalue weighted by atomic mass is 16.2. The molecule has 86 valence electrons. The fourth-order valence-corrected chi connectivity index (χ4v) is 2.56. The lowest BCUT2D eigenvalue weighted by atomic mass is 10.1. The average molecular weight is 226 g/mol. The standard InChI is InChI=1S/C14H14N2O/c15-9-11-1-3-12(4-2-11)13(17)16-8-7-14(10-16)5-6-14/h1-4H,5-8,10H2. The van der Waals surface area contributed by atoms with E-state index in [9.17, 15) is 4.79 Å². The number of nitriles is 1. The molecule has 1 amide bonds.